The van der Waals surface area contributed by atoms with Crippen molar-refractivity contribution in [3.8, 4) is 11.5 Å². The number of nitrogens with zero attached hydrogens (tertiary/aromatic N) is 2. The van der Waals surface area contributed by atoms with Crippen molar-refractivity contribution >= 4 is 23.3 Å². The van der Waals surface area contributed by atoms with Crippen molar-refractivity contribution < 1.29 is 22.7 Å². The zero-order valence-electron chi connectivity index (χ0n) is 18.4. The molecule has 1 aliphatic rings. The molecule has 2 aromatic carbocycles. The van der Waals surface area contributed by atoms with Crippen LogP contribution in [0, 0.1) is 13.8 Å². The number of aryl methyl sites for hydroxylation is 2. The summed E-state index contributed by atoms with van der Waals surface area (Å²) in [4.78, 5) is 21.2. The number of benzene rings is 2. The smallest absolute Gasteiger partial charge is 0.416 e. The predicted molar refractivity (Wildman–Crippen MR) is 123 cm³/mol. The van der Waals surface area contributed by atoms with Gasteiger partial charge in [0.1, 0.15) is 16.7 Å². The van der Waals surface area contributed by atoms with E-state index in [4.69, 9.17) is 21.3 Å². The van der Waals surface area contributed by atoms with E-state index in [0.717, 1.165) is 28.8 Å². The molecule has 2 heterocycles. The molecule has 1 amide bonds. The molecule has 3 aromatic rings. The van der Waals surface area contributed by atoms with Crippen LogP contribution in [0.15, 0.2) is 59.7 Å². The number of aromatic nitrogens is 1. The van der Waals surface area contributed by atoms with Crippen molar-refractivity contribution in [3.05, 3.63) is 87.7 Å². The van der Waals surface area contributed by atoms with Crippen molar-refractivity contribution in [2.45, 2.75) is 38.9 Å². The summed E-state index contributed by atoms with van der Waals surface area (Å²) in [5.74, 6) is 0.0970. The third-order valence-corrected chi connectivity index (χ3v) is 5.63. The van der Waals surface area contributed by atoms with E-state index in [0.29, 0.717) is 12.0 Å². The van der Waals surface area contributed by atoms with Gasteiger partial charge in [-0.25, -0.2) is 4.98 Å². The molecule has 0 aliphatic carbocycles. The van der Waals surface area contributed by atoms with E-state index in [2.05, 4.69) is 16.4 Å². The van der Waals surface area contributed by atoms with Crippen LogP contribution in [0.4, 0.5) is 13.2 Å². The van der Waals surface area contributed by atoms with Crippen molar-refractivity contribution in [1.82, 2.24) is 10.3 Å². The van der Waals surface area contributed by atoms with E-state index in [-0.39, 0.29) is 40.9 Å². The second-order valence-corrected chi connectivity index (χ2v) is 8.54. The van der Waals surface area contributed by atoms with E-state index in [9.17, 15) is 18.0 Å². The van der Waals surface area contributed by atoms with Gasteiger partial charge in [0, 0.05) is 6.42 Å². The zero-order chi connectivity index (χ0) is 24.5. The van der Waals surface area contributed by atoms with E-state index in [1.54, 1.807) is 0 Å². The minimum Gasteiger partial charge on any atom is -0.455 e. The van der Waals surface area contributed by atoms with Gasteiger partial charge >= 0.3 is 6.18 Å². The Bertz CT molecular complexity index is 1270. The molecule has 0 radical (unpaired) electrons. The summed E-state index contributed by atoms with van der Waals surface area (Å²) in [5.41, 5.74) is 2.83. The molecule has 9 heteroatoms. The fourth-order valence-corrected chi connectivity index (χ4v) is 3.95. The van der Waals surface area contributed by atoms with Crippen molar-refractivity contribution in [3.63, 3.8) is 0 Å². The third kappa shape index (κ3) is 5.56. The molecule has 0 bridgehead atoms. The van der Waals surface area contributed by atoms with Crippen molar-refractivity contribution in [2.24, 2.45) is 4.99 Å². The molecule has 1 aromatic heterocycles. The van der Waals surface area contributed by atoms with Gasteiger partial charge in [0.2, 0.25) is 5.91 Å². The summed E-state index contributed by atoms with van der Waals surface area (Å²) < 4.78 is 45.0. The minimum atomic E-state index is -4.51. The van der Waals surface area contributed by atoms with Crippen molar-refractivity contribution in [2.75, 3.05) is 0 Å². The van der Waals surface area contributed by atoms with Gasteiger partial charge in [-0.3, -0.25) is 9.79 Å². The molecule has 0 spiro atoms. The lowest BCUT2D eigenvalue weighted by Crippen LogP contribution is -2.39. The number of aliphatic imine (C=N–C) groups is 1. The minimum absolute atomic E-state index is 0.0326. The summed E-state index contributed by atoms with van der Waals surface area (Å²) in [7, 11) is 0. The average Bonchev–Trinajstić information content (AvgIpc) is 2.76. The molecule has 1 unspecified atom stereocenters. The Morgan fingerprint density at radius 2 is 1.94 bits per heavy atom. The van der Waals surface area contributed by atoms with E-state index in [1.807, 2.05) is 26.0 Å². The fraction of sp³-hybridized carbons (Fsp3) is 0.240. The summed E-state index contributed by atoms with van der Waals surface area (Å²) in [6.45, 7) is 4.03. The molecule has 176 valence electrons. The molecule has 0 fully saturated rings. The lowest BCUT2D eigenvalue weighted by atomic mass is 9.97. The number of rotatable bonds is 5. The number of hydrogen-bond acceptors (Lipinski definition) is 4. The molecular weight excluding hydrogens is 467 g/mol. The van der Waals surface area contributed by atoms with Gasteiger partial charge in [-0.2, -0.15) is 13.2 Å². The monoisotopic (exact) mass is 487 g/mol. The van der Waals surface area contributed by atoms with Gasteiger partial charge in [0.05, 0.1) is 23.4 Å². The number of hydrogen-bond donors (Lipinski definition) is 1. The van der Waals surface area contributed by atoms with Gasteiger partial charge in [0.15, 0.2) is 5.75 Å². The number of ether oxygens (including phenoxy) is 1. The highest BCUT2D eigenvalue weighted by Crippen LogP contribution is 2.34. The number of amides is 1. The number of halogens is 4. The quantitative estimate of drug-likeness (QED) is 0.446. The van der Waals surface area contributed by atoms with Crippen LogP contribution in [0.3, 0.4) is 0 Å². The van der Waals surface area contributed by atoms with Gasteiger partial charge in [-0.1, -0.05) is 41.4 Å². The number of alkyl halides is 3. The Morgan fingerprint density at radius 1 is 1.15 bits per heavy atom. The normalized spacial score (nSPS) is 16.1. The first kappa shape index (κ1) is 23.8. The van der Waals surface area contributed by atoms with Gasteiger partial charge in [-0.15, -0.1) is 0 Å². The van der Waals surface area contributed by atoms with Gasteiger partial charge in [-0.05, 0) is 55.7 Å². The van der Waals surface area contributed by atoms with Gasteiger partial charge in [0.25, 0.3) is 0 Å². The maximum Gasteiger partial charge on any atom is 0.416 e. The molecule has 4 rings (SSSR count). The number of pyridine rings is 1. The first-order valence-electron chi connectivity index (χ1n) is 10.5. The second-order valence-electron chi connectivity index (χ2n) is 8.15. The van der Waals surface area contributed by atoms with E-state index in [1.165, 1.54) is 24.4 Å². The molecule has 34 heavy (non-hydrogen) atoms. The molecule has 1 aliphatic heterocycles. The second kappa shape index (κ2) is 9.46. The Balaban J connectivity index is 1.66. The lowest BCUT2D eigenvalue weighted by molar-refractivity contribution is -0.137. The number of carbonyl (C=O) groups is 1. The molecule has 1 atom stereocenters. The van der Waals surface area contributed by atoms with Crippen LogP contribution in [-0.4, -0.2) is 22.8 Å². The maximum atomic E-state index is 13.1. The van der Waals surface area contributed by atoms with Crippen LogP contribution >= 0.6 is 11.6 Å². The molecule has 1 N–H and O–H groups in total. The Morgan fingerprint density at radius 3 is 2.68 bits per heavy atom. The Hall–Kier alpha value is -3.39. The Kier molecular flexibility index (Phi) is 6.61. The lowest BCUT2D eigenvalue weighted by Gasteiger charge is -2.23. The maximum absolute atomic E-state index is 13.1. The predicted octanol–water partition coefficient (Wildman–Crippen LogP) is 6.04. The van der Waals surface area contributed by atoms with Crippen LogP contribution in [0.25, 0.3) is 0 Å². The standard InChI is InChI=1S/C25H21ClF3N3O2/c1-14-6-7-16(15(2)8-14)9-18-11-23(33)32-24(31-18)20-12-22(26)30-13-21(20)34-19-5-3-4-17(10-19)25(27,28)29/h3-8,10,12-13,18H,9,11H2,1-2H3,(H,31,32,33). The highest BCUT2D eigenvalue weighted by atomic mass is 35.5. The molecule has 5 nitrogen and oxygen atoms in total. The fourth-order valence-electron chi connectivity index (χ4n) is 3.79. The highest BCUT2D eigenvalue weighted by Gasteiger charge is 2.31. The molecular formula is C25H21ClF3N3O2. The van der Waals surface area contributed by atoms with Crippen LogP contribution < -0.4 is 10.1 Å². The largest absolute Gasteiger partial charge is 0.455 e. The topological polar surface area (TPSA) is 63.6 Å². The highest BCUT2D eigenvalue weighted by molar-refractivity contribution is 6.30. The van der Waals surface area contributed by atoms with Crippen molar-refractivity contribution in [1.29, 1.82) is 0 Å². The summed E-state index contributed by atoms with van der Waals surface area (Å²) in [6, 6.07) is 11.8. The summed E-state index contributed by atoms with van der Waals surface area (Å²) >= 11 is 6.08. The summed E-state index contributed by atoms with van der Waals surface area (Å²) in [5, 5.41) is 2.85. The SMILES string of the molecule is Cc1ccc(CC2CC(=O)NC(c3cc(Cl)ncc3Oc3cccc(C(F)(F)F)c3)=N2)c(C)c1. The first-order valence-corrected chi connectivity index (χ1v) is 10.9. The van der Waals surface area contributed by atoms with E-state index >= 15 is 0 Å². The number of carbonyl (C=O) groups excluding carboxylic acids is 1. The molecule has 0 saturated heterocycles. The number of amidine groups is 1. The van der Waals surface area contributed by atoms with Crippen LogP contribution in [0.1, 0.15) is 34.2 Å². The van der Waals surface area contributed by atoms with Crippen LogP contribution in [-0.2, 0) is 17.4 Å². The zero-order valence-corrected chi connectivity index (χ0v) is 19.2. The van der Waals surface area contributed by atoms with Crippen LogP contribution in [0.5, 0.6) is 11.5 Å². The van der Waals surface area contributed by atoms with E-state index < -0.39 is 11.7 Å². The Labute approximate surface area is 199 Å². The van der Waals surface area contributed by atoms with Crippen LogP contribution in [0.2, 0.25) is 5.15 Å². The average molecular weight is 488 g/mol. The third-order valence-electron chi connectivity index (χ3n) is 5.42. The first-order chi connectivity index (χ1) is 16.1. The summed E-state index contributed by atoms with van der Waals surface area (Å²) in [6.07, 6.45) is -2.45. The molecule has 0 saturated carbocycles. The van der Waals surface area contributed by atoms with Gasteiger partial charge < -0.3 is 10.1 Å². The number of nitrogens with one attached hydrogen (secondary N) is 1.